The third kappa shape index (κ3) is 1.25. The first-order chi connectivity index (χ1) is 6.81. The van der Waals surface area contributed by atoms with Gasteiger partial charge in [-0.3, -0.25) is 0 Å². The van der Waals surface area contributed by atoms with Crippen molar-refractivity contribution >= 4 is 0 Å². The average molecular weight is 193 g/mol. The minimum atomic E-state index is 0.731. The van der Waals surface area contributed by atoms with Gasteiger partial charge in [-0.15, -0.1) is 0 Å². The molecule has 3 rings (SSSR count). The molecule has 0 amide bonds. The monoisotopic (exact) mass is 193 g/mol. The highest BCUT2D eigenvalue weighted by molar-refractivity contribution is 5.13. The molecule has 3 saturated carbocycles. The Kier molecular flexibility index (Phi) is 2.12. The van der Waals surface area contributed by atoms with E-state index < -0.39 is 0 Å². The molecule has 1 nitrogen and oxygen atoms in total. The zero-order valence-electron chi connectivity index (χ0n) is 9.50. The highest BCUT2D eigenvalue weighted by Crippen LogP contribution is 2.69. The quantitative estimate of drug-likeness (QED) is 0.724. The Morgan fingerprint density at radius 1 is 1.21 bits per heavy atom. The van der Waals surface area contributed by atoms with Crippen molar-refractivity contribution in [3.05, 3.63) is 0 Å². The molecule has 0 radical (unpaired) electrons. The van der Waals surface area contributed by atoms with E-state index in [1.807, 2.05) is 0 Å². The van der Waals surface area contributed by atoms with Crippen molar-refractivity contribution in [1.82, 2.24) is 5.32 Å². The molecule has 80 valence electrons. The minimum Gasteiger partial charge on any atom is -0.314 e. The lowest BCUT2D eigenvalue weighted by Gasteiger charge is -2.13. The van der Waals surface area contributed by atoms with Crippen LogP contribution in [-0.2, 0) is 0 Å². The lowest BCUT2D eigenvalue weighted by molar-refractivity contribution is 0.420. The first-order valence-corrected chi connectivity index (χ1v) is 6.54. The van der Waals surface area contributed by atoms with Gasteiger partial charge in [0, 0.05) is 6.04 Å². The smallest absolute Gasteiger partial charge is 0.00362 e. The largest absolute Gasteiger partial charge is 0.314 e. The second kappa shape index (κ2) is 3.23. The summed E-state index contributed by atoms with van der Waals surface area (Å²) in [6, 6.07) is 0.731. The maximum Gasteiger partial charge on any atom is 0.00362 e. The van der Waals surface area contributed by atoms with Gasteiger partial charge in [-0.25, -0.2) is 0 Å². The van der Waals surface area contributed by atoms with Crippen molar-refractivity contribution < 1.29 is 0 Å². The van der Waals surface area contributed by atoms with Gasteiger partial charge in [0.2, 0.25) is 0 Å². The van der Waals surface area contributed by atoms with Crippen LogP contribution in [0.15, 0.2) is 0 Å². The topological polar surface area (TPSA) is 12.0 Å². The van der Waals surface area contributed by atoms with Crippen LogP contribution < -0.4 is 5.32 Å². The van der Waals surface area contributed by atoms with Gasteiger partial charge in [0.05, 0.1) is 0 Å². The number of rotatable bonds is 4. The fourth-order valence-electron chi connectivity index (χ4n) is 4.26. The van der Waals surface area contributed by atoms with Crippen LogP contribution in [0.1, 0.15) is 39.5 Å². The van der Waals surface area contributed by atoms with Gasteiger partial charge in [0.15, 0.2) is 0 Å². The van der Waals surface area contributed by atoms with E-state index in [2.05, 4.69) is 19.2 Å². The van der Waals surface area contributed by atoms with Gasteiger partial charge in [-0.05, 0) is 68.7 Å². The van der Waals surface area contributed by atoms with E-state index in [0.29, 0.717) is 0 Å². The lowest BCUT2D eigenvalue weighted by atomic mass is 10.0. The third-order valence-corrected chi connectivity index (χ3v) is 5.21. The van der Waals surface area contributed by atoms with E-state index in [-0.39, 0.29) is 0 Å². The molecule has 0 spiro atoms. The molecule has 3 aliphatic carbocycles. The summed E-state index contributed by atoms with van der Waals surface area (Å²) >= 11 is 0. The molecule has 1 N–H and O–H groups in total. The predicted molar refractivity (Wildman–Crippen MR) is 59.1 cm³/mol. The number of nitrogens with one attached hydrogen (secondary N) is 1. The molecule has 0 saturated heterocycles. The second-order valence-electron chi connectivity index (χ2n) is 5.87. The van der Waals surface area contributed by atoms with Gasteiger partial charge in [-0.2, -0.15) is 0 Å². The van der Waals surface area contributed by atoms with E-state index >= 15 is 0 Å². The van der Waals surface area contributed by atoms with Crippen molar-refractivity contribution in [1.29, 1.82) is 0 Å². The SMILES string of the molecule is CCC(C)NCC1C2C3CCC(C3)C12. The molecule has 0 aromatic carbocycles. The molecule has 0 aromatic heterocycles. The van der Waals surface area contributed by atoms with Gasteiger partial charge in [0.1, 0.15) is 0 Å². The summed E-state index contributed by atoms with van der Waals surface area (Å²) in [5, 5.41) is 3.69. The molecule has 14 heavy (non-hydrogen) atoms. The Bertz CT molecular complexity index is 209. The van der Waals surface area contributed by atoms with E-state index in [1.54, 1.807) is 19.3 Å². The second-order valence-corrected chi connectivity index (χ2v) is 5.87. The summed E-state index contributed by atoms with van der Waals surface area (Å²) in [6.07, 6.45) is 5.99. The molecule has 0 heterocycles. The van der Waals surface area contributed by atoms with Crippen molar-refractivity contribution in [2.45, 2.75) is 45.6 Å². The fourth-order valence-corrected chi connectivity index (χ4v) is 4.26. The molecule has 3 aliphatic rings. The summed E-state index contributed by atoms with van der Waals surface area (Å²) in [6.45, 7) is 5.90. The Morgan fingerprint density at radius 2 is 1.86 bits per heavy atom. The first kappa shape index (κ1) is 9.21. The van der Waals surface area contributed by atoms with E-state index in [0.717, 1.165) is 35.6 Å². The van der Waals surface area contributed by atoms with Crippen LogP contribution in [0.4, 0.5) is 0 Å². The molecule has 3 fully saturated rings. The molecule has 1 heteroatoms. The zero-order valence-corrected chi connectivity index (χ0v) is 9.50. The summed E-state index contributed by atoms with van der Waals surface area (Å²) in [7, 11) is 0. The molecular weight excluding hydrogens is 170 g/mol. The molecule has 0 aromatic rings. The Balaban J connectivity index is 1.50. The number of hydrogen-bond donors (Lipinski definition) is 1. The lowest BCUT2D eigenvalue weighted by Crippen LogP contribution is -2.28. The number of hydrogen-bond acceptors (Lipinski definition) is 1. The van der Waals surface area contributed by atoms with Crippen LogP contribution in [0.5, 0.6) is 0 Å². The maximum absolute atomic E-state index is 3.69. The fraction of sp³-hybridized carbons (Fsp3) is 1.00. The van der Waals surface area contributed by atoms with Crippen LogP contribution in [0.25, 0.3) is 0 Å². The molecule has 0 aliphatic heterocycles. The van der Waals surface area contributed by atoms with Crippen LogP contribution in [0.3, 0.4) is 0 Å². The van der Waals surface area contributed by atoms with Gasteiger partial charge in [0.25, 0.3) is 0 Å². The average Bonchev–Trinajstić information content (AvgIpc) is 2.60. The van der Waals surface area contributed by atoms with Gasteiger partial charge < -0.3 is 5.32 Å². The summed E-state index contributed by atoms with van der Waals surface area (Å²) in [5.74, 6) is 5.69. The Morgan fingerprint density at radius 3 is 2.43 bits per heavy atom. The predicted octanol–water partition coefficient (Wildman–Crippen LogP) is 2.67. The van der Waals surface area contributed by atoms with Gasteiger partial charge in [-0.1, -0.05) is 6.92 Å². The van der Waals surface area contributed by atoms with Crippen molar-refractivity contribution in [2.75, 3.05) is 6.54 Å². The number of fused-ring (bicyclic) bond motifs is 5. The standard InChI is InChI=1S/C13H23N/c1-3-8(2)14-7-11-12-9-4-5-10(6-9)13(11)12/h8-14H,3-7H2,1-2H3. The third-order valence-electron chi connectivity index (χ3n) is 5.21. The zero-order chi connectivity index (χ0) is 9.71. The van der Waals surface area contributed by atoms with Crippen molar-refractivity contribution in [3.8, 4) is 0 Å². The molecule has 2 bridgehead atoms. The maximum atomic E-state index is 3.69. The molecule has 5 unspecified atom stereocenters. The van der Waals surface area contributed by atoms with E-state index in [1.165, 1.54) is 13.0 Å². The molecule has 5 atom stereocenters. The molecular formula is C13H23N. The highest BCUT2D eigenvalue weighted by Gasteiger charge is 2.64. The van der Waals surface area contributed by atoms with Crippen LogP contribution in [0.2, 0.25) is 0 Å². The minimum absolute atomic E-state index is 0.731. The highest BCUT2D eigenvalue weighted by atomic mass is 14.9. The van der Waals surface area contributed by atoms with Crippen molar-refractivity contribution in [3.63, 3.8) is 0 Å². The summed E-state index contributed by atoms with van der Waals surface area (Å²) in [5.41, 5.74) is 0. The van der Waals surface area contributed by atoms with E-state index in [4.69, 9.17) is 0 Å². The van der Waals surface area contributed by atoms with Crippen LogP contribution >= 0.6 is 0 Å². The normalized spacial score (nSPS) is 50.6. The Labute approximate surface area is 87.7 Å². The van der Waals surface area contributed by atoms with Crippen LogP contribution in [0, 0.1) is 29.6 Å². The van der Waals surface area contributed by atoms with Gasteiger partial charge >= 0.3 is 0 Å². The van der Waals surface area contributed by atoms with Crippen LogP contribution in [-0.4, -0.2) is 12.6 Å². The summed E-state index contributed by atoms with van der Waals surface area (Å²) < 4.78 is 0. The first-order valence-electron chi connectivity index (χ1n) is 6.54. The summed E-state index contributed by atoms with van der Waals surface area (Å²) in [4.78, 5) is 0. The van der Waals surface area contributed by atoms with E-state index in [9.17, 15) is 0 Å². The van der Waals surface area contributed by atoms with Crippen molar-refractivity contribution in [2.24, 2.45) is 29.6 Å². The Hall–Kier alpha value is -0.0400.